The summed E-state index contributed by atoms with van der Waals surface area (Å²) in [6.07, 6.45) is 5.14. The first kappa shape index (κ1) is 15.0. The molecule has 1 amide bonds. The van der Waals surface area contributed by atoms with E-state index in [-0.39, 0.29) is 11.8 Å². The van der Waals surface area contributed by atoms with E-state index in [9.17, 15) is 9.90 Å². The van der Waals surface area contributed by atoms with Gasteiger partial charge in [-0.3, -0.25) is 4.79 Å². The molecule has 0 heterocycles. The summed E-state index contributed by atoms with van der Waals surface area (Å²) in [5.41, 5.74) is -0.715. The molecule has 1 aliphatic carbocycles. The highest BCUT2D eigenvalue weighted by Crippen LogP contribution is 2.42. The van der Waals surface area contributed by atoms with Crippen molar-refractivity contribution >= 4 is 16.7 Å². The maximum atomic E-state index is 12.6. The zero-order valence-corrected chi connectivity index (χ0v) is 13.0. The van der Waals surface area contributed by atoms with Crippen LogP contribution < -0.4 is 5.32 Å². The average molecular weight is 297 g/mol. The molecule has 1 fully saturated rings. The number of likely N-dealkylation sites (N-methyl/N-ethyl adjacent to an activating group) is 1. The Labute approximate surface area is 131 Å². The predicted molar refractivity (Wildman–Crippen MR) is 88.5 cm³/mol. The van der Waals surface area contributed by atoms with Crippen LogP contribution in [0.25, 0.3) is 10.8 Å². The standard InChI is InChI=1S/C19H23NO2/c1-20-18(21)19(22,15-10-3-2-4-11-15)17-13-7-9-14-8-5-6-12-16(14)17/h5-9,12-13,15,22H,2-4,10-11H2,1H3,(H,20,21). The second-order valence-corrected chi connectivity index (χ2v) is 6.21. The fourth-order valence-electron chi connectivity index (χ4n) is 3.80. The summed E-state index contributed by atoms with van der Waals surface area (Å²) in [5.74, 6) is -0.317. The van der Waals surface area contributed by atoms with Gasteiger partial charge in [-0.25, -0.2) is 0 Å². The predicted octanol–water partition coefficient (Wildman–Crippen LogP) is 3.35. The highest BCUT2D eigenvalue weighted by molar-refractivity contribution is 5.94. The van der Waals surface area contributed by atoms with E-state index in [0.29, 0.717) is 0 Å². The van der Waals surface area contributed by atoms with Crippen molar-refractivity contribution in [1.29, 1.82) is 0 Å². The van der Waals surface area contributed by atoms with Crippen LogP contribution in [-0.4, -0.2) is 18.1 Å². The summed E-state index contributed by atoms with van der Waals surface area (Å²) < 4.78 is 0. The van der Waals surface area contributed by atoms with Gasteiger partial charge in [0, 0.05) is 18.5 Å². The van der Waals surface area contributed by atoms with Gasteiger partial charge >= 0.3 is 0 Å². The zero-order valence-electron chi connectivity index (χ0n) is 13.0. The molecule has 0 aromatic heterocycles. The Morgan fingerprint density at radius 3 is 2.50 bits per heavy atom. The third-order valence-electron chi connectivity index (χ3n) is 4.97. The SMILES string of the molecule is CNC(=O)C(O)(c1cccc2ccccc12)C1CCCCC1. The summed E-state index contributed by atoms with van der Waals surface area (Å²) in [4.78, 5) is 12.6. The quantitative estimate of drug-likeness (QED) is 0.912. The Hall–Kier alpha value is -1.87. The number of hydrogen-bond acceptors (Lipinski definition) is 2. The van der Waals surface area contributed by atoms with Gasteiger partial charge < -0.3 is 10.4 Å². The van der Waals surface area contributed by atoms with Gasteiger partial charge in [0.1, 0.15) is 0 Å². The van der Waals surface area contributed by atoms with E-state index in [1.54, 1.807) is 7.05 Å². The highest BCUT2D eigenvalue weighted by Gasteiger charge is 2.45. The van der Waals surface area contributed by atoms with E-state index in [4.69, 9.17) is 0 Å². The Kier molecular flexibility index (Phi) is 4.16. The second-order valence-electron chi connectivity index (χ2n) is 6.21. The molecule has 1 unspecified atom stereocenters. The molecule has 2 aromatic rings. The van der Waals surface area contributed by atoms with Gasteiger partial charge in [-0.1, -0.05) is 61.7 Å². The smallest absolute Gasteiger partial charge is 0.256 e. The molecule has 0 spiro atoms. The highest BCUT2D eigenvalue weighted by atomic mass is 16.3. The number of nitrogens with one attached hydrogen (secondary N) is 1. The Balaban J connectivity index is 2.17. The molecule has 1 saturated carbocycles. The molecule has 2 N–H and O–H groups in total. The zero-order chi connectivity index (χ0) is 15.6. The molecule has 116 valence electrons. The summed E-state index contributed by atoms with van der Waals surface area (Å²) in [7, 11) is 1.60. The van der Waals surface area contributed by atoms with Gasteiger partial charge in [-0.15, -0.1) is 0 Å². The van der Waals surface area contributed by atoms with Crippen LogP contribution in [-0.2, 0) is 10.4 Å². The summed E-state index contributed by atoms with van der Waals surface area (Å²) in [5, 5.41) is 16.2. The average Bonchev–Trinajstić information content (AvgIpc) is 2.60. The van der Waals surface area contributed by atoms with Crippen molar-refractivity contribution in [2.45, 2.75) is 37.7 Å². The third-order valence-corrected chi connectivity index (χ3v) is 4.97. The third kappa shape index (κ3) is 2.40. The van der Waals surface area contributed by atoms with Crippen molar-refractivity contribution in [2.24, 2.45) is 5.92 Å². The van der Waals surface area contributed by atoms with Gasteiger partial charge in [0.25, 0.3) is 5.91 Å². The lowest BCUT2D eigenvalue weighted by atomic mass is 9.72. The Morgan fingerprint density at radius 1 is 1.09 bits per heavy atom. The molecule has 3 rings (SSSR count). The number of hydrogen-bond donors (Lipinski definition) is 2. The summed E-state index contributed by atoms with van der Waals surface area (Å²) >= 11 is 0. The number of rotatable bonds is 3. The molecule has 2 aromatic carbocycles. The van der Waals surface area contributed by atoms with Crippen LogP contribution >= 0.6 is 0 Å². The van der Waals surface area contributed by atoms with E-state index >= 15 is 0 Å². The Morgan fingerprint density at radius 2 is 1.77 bits per heavy atom. The monoisotopic (exact) mass is 297 g/mol. The lowest BCUT2D eigenvalue weighted by Gasteiger charge is -2.38. The second kappa shape index (κ2) is 6.09. The van der Waals surface area contributed by atoms with Crippen LogP contribution in [0.5, 0.6) is 0 Å². The summed E-state index contributed by atoms with van der Waals surface area (Å²) in [6.45, 7) is 0. The lowest BCUT2D eigenvalue weighted by Crippen LogP contribution is -2.49. The first-order chi connectivity index (χ1) is 10.7. The fraction of sp³-hybridized carbons (Fsp3) is 0.421. The molecule has 3 nitrogen and oxygen atoms in total. The van der Waals surface area contributed by atoms with Gasteiger partial charge in [0.15, 0.2) is 5.60 Å². The van der Waals surface area contributed by atoms with Crippen LogP contribution in [0, 0.1) is 5.92 Å². The van der Waals surface area contributed by atoms with Crippen molar-refractivity contribution in [2.75, 3.05) is 7.05 Å². The van der Waals surface area contributed by atoms with Crippen molar-refractivity contribution < 1.29 is 9.90 Å². The molecule has 0 bridgehead atoms. The molecular formula is C19H23NO2. The molecule has 1 aliphatic rings. The van der Waals surface area contributed by atoms with E-state index in [0.717, 1.165) is 42.0 Å². The van der Waals surface area contributed by atoms with Gasteiger partial charge in [-0.05, 0) is 23.6 Å². The van der Waals surface area contributed by atoms with Gasteiger partial charge in [0.2, 0.25) is 0 Å². The molecule has 3 heteroatoms. The number of carbonyl (C=O) groups is 1. The first-order valence-electron chi connectivity index (χ1n) is 8.10. The van der Waals surface area contributed by atoms with Crippen LogP contribution in [0.1, 0.15) is 37.7 Å². The minimum atomic E-state index is -1.45. The minimum absolute atomic E-state index is 0.0213. The fourth-order valence-corrected chi connectivity index (χ4v) is 3.80. The summed E-state index contributed by atoms with van der Waals surface area (Å²) in [6, 6.07) is 13.8. The number of fused-ring (bicyclic) bond motifs is 1. The largest absolute Gasteiger partial charge is 0.375 e. The van der Waals surface area contributed by atoms with E-state index in [2.05, 4.69) is 5.32 Å². The molecule has 0 aliphatic heterocycles. The lowest BCUT2D eigenvalue weighted by molar-refractivity contribution is -0.148. The minimum Gasteiger partial charge on any atom is -0.375 e. The first-order valence-corrected chi connectivity index (χ1v) is 8.10. The molecular weight excluding hydrogens is 274 g/mol. The number of carbonyl (C=O) groups excluding carboxylic acids is 1. The number of benzene rings is 2. The van der Waals surface area contributed by atoms with E-state index in [1.165, 1.54) is 6.42 Å². The molecule has 1 atom stereocenters. The Bertz CT molecular complexity index is 671. The van der Waals surface area contributed by atoms with Crippen molar-refractivity contribution in [1.82, 2.24) is 5.32 Å². The van der Waals surface area contributed by atoms with E-state index < -0.39 is 5.60 Å². The molecule has 0 saturated heterocycles. The van der Waals surface area contributed by atoms with Crippen LogP contribution in [0.2, 0.25) is 0 Å². The number of amides is 1. The van der Waals surface area contributed by atoms with Crippen molar-refractivity contribution in [3.8, 4) is 0 Å². The van der Waals surface area contributed by atoms with Crippen LogP contribution in [0.4, 0.5) is 0 Å². The normalized spacial score (nSPS) is 18.8. The van der Waals surface area contributed by atoms with Gasteiger partial charge in [0.05, 0.1) is 0 Å². The van der Waals surface area contributed by atoms with Crippen molar-refractivity contribution in [3.05, 3.63) is 48.0 Å². The topological polar surface area (TPSA) is 49.3 Å². The van der Waals surface area contributed by atoms with Gasteiger partial charge in [-0.2, -0.15) is 0 Å². The molecule has 22 heavy (non-hydrogen) atoms. The van der Waals surface area contributed by atoms with Crippen LogP contribution in [0.3, 0.4) is 0 Å². The van der Waals surface area contributed by atoms with Crippen molar-refractivity contribution in [3.63, 3.8) is 0 Å². The van der Waals surface area contributed by atoms with Crippen LogP contribution in [0.15, 0.2) is 42.5 Å². The number of aliphatic hydroxyl groups is 1. The van der Waals surface area contributed by atoms with E-state index in [1.807, 2.05) is 42.5 Å². The maximum absolute atomic E-state index is 12.6. The maximum Gasteiger partial charge on any atom is 0.256 e. The molecule has 0 radical (unpaired) electrons.